The van der Waals surface area contributed by atoms with Crippen molar-refractivity contribution in [3.05, 3.63) is 35.3 Å². The van der Waals surface area contributed by atoms with E-state index in [9.17, 15) is 14.4 Å². The Morgan fingerprint density at radius 2 is 1.66 bits per heavy atom. The van der Waals surface area contributed by atoms with E-state index in [0.29, 0.717) is 24.6 Å². The first-order valence-electron chi connectivity index (χ1n) is 17.1. The van der Waals surface area contributed by atoms with E-state index >= 15 is 0 Å². The molecular formula is C38H55NO5. The molecule has 4 unspecified atom stereocenters. The highest BCUT2D eigenvalue weighted by Gasteiger charge is 2.70. The van der Waals surface area contributed by atoms with Gasteiger partial charge in [0.25, 0.3) is 0 Å². The summed E-state index contributed by atoms with van der Waals surface area (Å²) in [6.45, 7) is 18.5. The number of aryl methyl sites for hydroxylation is 1. The average molecular weight is 606 g/mol. The van der Waals surface area contributed by atoms with Gasteiger partial charge in [0.2, 0.25) is 5.91 Å². The maximum Gasteiger partial charge on any atom is 0.312 e. The predicted octanol–water partition coefficient (Wildman–Crippen LogP) is 7.97. The van der Waals surface area contributed by atoms with Crippen LogP contribution in [0.2, 0.25) is 0 Å². The minimum Gasteiger partial charge on any atom is -0.469 e. The summed E-state index contributed by atoms with van der Waals surface area (Å²) in [6.07, 6.45) is 10.9. The molecule has 6 rings (SSSR count). The lowest BCUT2D eigenvalue weighted by Crippen LogP contribution is -2.66. The average Bonchev–Trinajstić information content (AvgIpc) is 3.38. The Kier molecular flexibility index (Phi) is 7.23. The lowest BCUT2D eigenvalue weighted by Gasteiger charge is -2.71. The van der Waals surface area contributed by atoms with Crippen molar-refractivity contribution >= 4 is 17.7 Å². The molecule has 5 aliphatic rings. The molecule has 6 heteroatoms. The predicted molar refractivity (Wildman–Crippen MR) is 170 cm³/mol. The van der Waals surface area contributed by atoms with Crippen molar-refractivity contribution in [2.24, 2.45) is 56.2 Å². The number of nitrogens with one attached hydrogen (secondary N) is 1. The van der Waals surface area contributed by atoms with E-state index in [0.717, 1.165) is 57.1 Å². The topological polar surface area (TPSA) is 85.6 Å². The van der Waals surface area contributed by atoms with Crippen LogP contribution in [0.4, 0.5) is 0 Å². The normalized spacial score (nSPS) is 42.1. The summed E-state index contributed by atoms with van der Waals surface area (Å²) in [5.41, 5.74) is 0.483. The molecule has 1 N–H and O–H groups in total. The van der Waals surface area contributed by atoms with Crippen molar-refractivity contribution in [2.45, 2.75) is 120 Å². The van der Waals surface area contributed by atoms with Crippen molar-refractivity contribution < 1.29 is 23.5 Å². The van der Waals surface area contributed by atoms with E-state index in [1.54, 1.807) is 7.11 Å². The van der Waals surface area contributed by atoms with Gasteiger partial charge in [-0.05, 0) is 116 Å². The van der Waals surface area contributed by atoms with Gasteiger partial charge in [-0.15, -0.1) is 0 Å². The Morgan fingerprint density at radius 1 is 0.955 bits per heavy atom. The van der Waals surface area contributed by atoms with Gasteiger partial charge < -0.3 is 14.5 Å². The number of rotatable bonds is 4. The number of furan rings is 1. The number of hydrogen-bond acceptors (Lipinski definition) is 5. The number of ketones is 1. The fourth-order valence-corrected chi connectivity index (χ4v) is 11.9. The lowest BCUT2D eigenvalue weighted by atomic mass is 9.33. The Balaban J connectivity index is 1.36. The largest absolute Gasteiger partial charge is 0.469 e. The van der Waals surface area contributed by atoms with Crippen LogP contribution in [0.25, 0.3) is 0 Å². The van der Waals surface area contributed by atoms with Gasteiger partial charge in [-0.25, -0.2) is 0 Å². The molecule has 1 amide bonds. The maximum atomic E-state index is 14.0. The van der Waals surface area contributed by atoms with Crippen LogP contribution < -0.4 is 5.32 Å². The summed E-state index contributed by atoms with van der Waals surface area (Å²) < 4.78 is 11.2. The third-order valence-corrected chi connectivity index (χ3v) is 14.5. The Bertz CT molecular complexity index is 1400. The van der Waals surface area contributed by atoms with Crippen LogP contribution in [-0.2, 0) is 25.7 Å². The first-order valence-corrected chi connectivity index (χ1v) is 17.1. The smallest absolute Gasteiger partial charge is 0.312 e. The molecule has 1 aromatic rings. The summed E-state index contributed by atoms with van der Waals surface area (Å²) in [7, 11) is 1.56. The van der Waals surface area contributed by atoms with Crippen molar-refractivity contribution in [2.75, 3.05) is 7.11 Å². The summed E-state index contributed by atoms with van der Waals surface area (Å²) in [5, 5.41) is 3.05. The Morgan fingerprint density at radius 3 is 2.32 bits per heavy atom. The molecule has 0 aliphatic heterocycles. The molecule has 242 valence electrons. The second kappa shape index (κ2) is 10.1. The van der Waals surface area contributed by atoms with E-state index < -0.39 is 16.7 Å². The molecule has 4 fully saturated rings. The summed E-state index contributed by atoms with van der Waals surface area (Å²) >= 11 is 0. The van der Waals surface area contributed by atoms with Crippen molar-refractivity contribution in [3.8, 4) is 0 Å². The monoisotopic (exact) mass is 605 g/mol. The molecule has 0 spiro atoms. The first-order chi connectivity index (χ1) is 20.4. The molecule has 5 aliphatic carbocycles. The van der Waals surface area contributed by atoms with Crippen molar-refractivity contribution in [1.29, 1.82) is 0 Å². The molecule has 0 saturated heterocycles. The van der Waals surface area contributed by atoms with Gasteiger partial charge in [0.05, 0.1) is 25.0 Å². The van der Waals surface area contributed by atoms with Crippen LogP contribution in [0.3, 0.4) is 0 Å². The van der Waals surface area contributed by atoms with Crippen molar-refractivity contribution in [3.63, 3.8) is 0 Å². The van der Waals surface area contributed by atoms with E-state index in [1.165, 1.54) is 5.57 Å². The van der Waals surface area contributed by atoms with Crippen LogP contribution >= 0.6 is 0 Å². The molecule has 0 radical (unpaired) electrons. The number of carbonyl (C=O) groups excluding carboxylic acids is 3. The zero-order valence-electron chi connectivity index (χ0n) is 28.7. The highest BCUT2D eigenvalue weighted by atomic mass is 16.5. The number of hydrogen-bond donors (Lipinski definition) is 1. The van der Waals surface area contributed by atoms with Gasteiger partial charge in [-0.3, -0.25) is 14.4 Å². The summed E-state index contributed by atoms with van der Waals surface area (Å²) in [5.74, 6) is 1.51. The Labute approximate surface area is 264 Å². The summed E-state index contributed by atoms with van der Waals surface area (Å²) in [6, 6.07) is 3.77. The lowest BCUT2D eigenvalue weighted by molar-refractivity contribution is -0.196. The standard InChI is InChI=1S/C38H55NO5/c1-23-10-11-24(44-23)22-39-31(41)25-20-35(6)28(34(4,5)30(25)40)14-15-37(8)29(35)13-12-26-27-21-33(2,3)16-18-38(27,32(42)43-9)19-17-36(26,37)7/h10-12,25,27-29H,13-22H2,1-9H3,(H,39,41)/t25?,27?,28?,29?,35-,36+,37+,38-/m0/s1. The number of Topliss-reactive ketones (excluding diaryl/α,β-unsaturated/α-hetero) is 1. The SMILES string of the molecule is COC(=O)[C@]12CCC(C)(C)CC1C1=CCC3[C@@]4(C)CC(C(=O)NCc5ccc(C)o5)C(=O)C(C)(C)C4CC[C@@]3(C)[C@]1(C)CC2. The molecule has 8 atom stereocenters. The van der Waals surface area contributed by atoms with E-state index in [-0.39, 0.29) is 51.2 Å². The number of methoxy groups -OCH3 is 1. The molecule has 1 aromatic heterocycles. The van der Waals surface area contributed by atoms with Gasteiger partial charge >= 0.3 is 5.97 Å². The Hall–Kier alpha value is -2.37. The molecule has 0 bridgehead atoms. The highest BCUT2D eigenvalue weighted by molar-refractivity contribution is 6.04. The number of allylic oxidation sites excluding steroid dienone is 2. The van der Waals surface area contributed by atoms with Gasteiger partial charge in [0.1, 0.15) is 11.5 Å². The number of esters is 1. The molecule has 0 aromatic carbocycles. The number of fused-ring (bicyclic) bond motifs is 7. The van der Waals surface area contributed by atoms with Crippen LogP contribution in [0.15, 0.2) is 28.2 Å². The van der Waals surface area contributed by atoms with E-state index in [2.05, 4.69) is 59.9 Å². The minimum absolute atomic E-state index is 0.00932. The van der Waals surface area contributed by atoms with Gasteiger partial charge in [0, 0.05) is 5.41 Å². The first kappa shape index (κ1) is 31.6. The molecule has 1 heterocycles. The fourth-order valence-electron chi connectivity index (χ4n) is 11.9. The minimum atomic E-state index is -0.666. The molecule has 4 saturated carbocycles. The quantitative estimate of drug-likeness (QED) is 0.214. The van der Waals surface area contributed by atoms with Crippen LogP contribution in [0.1, 0.15) is 118 Å². The second-order valence-corrected chi connectivity index (χ2v) is 17.4. The number of ether oxygens (including phenoxy) is 1. The van der Waals surface area contributed by atoms with Crippen LogP contribution in [-0.4, -0.2) is 24.8 Å². The number of amides is 1. The highest BCUT2D eigenvalue weighted by Crippen LogP contribution is 2.75. The third kappa shape index (κ3) is 4.27. The molecule has 6 nitrogen and oxygen atoms in total. The number of carbonyl (C=O) groups is 3. The van der Waals surface area contributed by atoms with Crippen molar-refractivity contribution in [1.82, 2.24) is 5.32 Å². The summed E-state index contributed by atoms with van der Waals surface area (Å²) in [4.78, 5) is 41.3. The maximum absolute atomic E-state index is 14.0. The van der Waals surface area contributed by atoms with Crippen LogP contribution in [0.5, 0.6) is 0 Å². The van der Waals surface area contributed by atoms with Gasteiger partial charge in [-0.2, -0.15) is 0 Å². The second-order valence-electron chi connectivity index (χ2n) is 17.4. The van der Waals surface area contributed by atoms with Gasteiger partial charge in [-0.1, -0.05) is 60.1 Å². The fraction of sp³-hybridized carbons (Fsp3) is 0.763. The van der Waals surface area contributed by atoms with E-state index in [4.69, 9.17) is 9.15 Å². The zero-order chi connectivity index (χ0) is 32.1. The van der Waals surface area contributed by atoms with Crippen LogP contribution in [0, 0.1) is 63.1 Å². The van der Waals surface area contributed by atoms with Gasteiger partial charge in [0.15, 0.2) is 5.78 Å². The molecular weight excluding hydrogens is 550 g/mol. The molecule has 44 heavy (non-hydrogen) atoms. The van der Waals surface area contributed by atoms with E-state index in [1.807, 2.05) is 19.1 Å². The zero-order valence-corrected chi connectivity index (χ0v) is 28.7. The third-order valence-electron chi connectivity index (χ3n) is 14.5.